The number of thioether (sulfide) groups is 2. The Hall–Kier alpha value is 0.439. The van der Waals surface area contributed by atoms with Crippen LogP contribution < -0.4 is 10.2 Å². The third-order valence-corrected chi connectivity index (χ3v) is 3.76. The first-order chi connectivity index (χ1) is 9.95. The Morgan fingerprint density at radius 2 is 1.14 bits per heavy atom. The Morgan fingerprint density at radius 1 is 0.857 bits per heavy atom. The van der Waals surface area contributed by atoms with Gasteiger partial charge in [-0.15, -0.1) is 0 Å². The molecule has 0 atom stereocenters. The number of rotatable bonds is 10. The van der Waals surface area contributed by atoms with Gasteiger partial charge in [0.15, 0.2) is 0 Å². The number of carbonyl (C=O) groups is 2. The van der Waals surface area contributed by atoms with E-state index in [0.717, 1.165) is 37.2 Å². The second-order valence-electron chi connectivity index (χ2n) is 4.06. The molecule has 0 aliphatic rings. The number of aliphatic carboxylic acids is 2. The van der Waals surface area contributed by atoms with Crippen LogP contribution in [0.15, 0.2) is 0 Å². The van der Waals surface area contributed by atoms with Crippen LogP contribution >= 0.6 is 23.5 Å². The van der Waals surface area contributed by atoms with Crippen LogP contribution in [-0.2, 0) is 9.59 Å². The van der Waals surface area contributed by atoms with Gasteiger partial charge >= 0.3 is 31.0 Å². The van der Waals surface area contributed by atoms with Crippen LogP contribution in [0.1, 0.15) is 39.5 Å². The fourth-order valence-corrected chi connectivity index (χ4v) is 2.41. The minimum absolute atomic E-state index is 0.139. The van der Waals surface area contributed by atoms with Gasteiger partial charge in [-0.25, -0.2) is 0 Å². The predicted octanol–water partition coefficient (Wildman–Crippen LogP) is 1.33. The average molecular weight is 443 g/mol. The van der Waals surface area contributed by atoms with Crippen molar-refractivity contribution in [3.05, 3.63) is 0 Å². The average Bonchev–Trinajstić information content (AvgIpc) is 2.41. The molecule has 0 amide bonds. The topological polar surface area (TPSA) is 80.3 Å². The summed E-state index contributed by atoms with van der Waals surface area (Å²) < 4.78 is 0. The SMILES string of the molecule is CCCCSCC(=O)[O-].CCCCSCC(=O)[O-].[CH3][Sn+2][CH3]. The van der Waals surface area contributed by atoms with Crippen molar-refractivity contribution in [2.75, 3.05) is 23.0 Å². The molecule has 0 bridgehead atoms. The third kappa shape index (κ3) is 44.9. The molecule has 0 saturated carbocycles. The van der Waals surface area contributed by atoms with Crippen molar-refractivity contribution in [2.24, 2.45) is 0 Å². The molecule has 0 aliphatic heterocycles. The maximum absolute atomic E-state index is 9.83. The van der Waals surface area contributed by atoms with Crippen molar-refractivity contribution in [3.63, 3.8) is 0 Å². The molecule has 0 spiro atoms. The van der Waals surface area contributed by atoms with Crippen molar-refractivity contribution in [3.8, 4) is 0 Å². The van der Waals surface area contributed by atoms with Crippen molar-refractivity contribution >= 4 is 56.6 Å². The first-order valence-electron chi connectivity index (χ1n) is 7.09. The summed E-state index contributed by atoms with van der Waals surface area (Å²) in [4.78, 5) is 24.3. The fourth-order valence-electron chi connectivity index (χ4n) is 0.804. The van der Waals surface area contributed by atoms with Gasteiger partial charge in [0.25, 0.3) is 0 Å². The molecule has 0 rings (SSSR count). The normalized spacial score (nSPS) is 8.57. The summed E-state index contributed by atoms with van der Waals surface area (Å²) in [6, 6.07) is 0. The standard InChI is InChI=1S/2C6H12O2S.2CH3.Sn/c2*1-2-3-4-9-5-6(7)8;;;/h2*2-5H2,1H3,(H,7,8);2*1H3;/q;;;;+2/p-2. The molecule has 0 fully saturated rings. The summed E-state index contributed by atoms with van der Waals surface area (Å²) in [6.45, 7) is 4.17. The first-order valence-corrected chi connectivity index (χ1v) is 15.1. The molecule has 21 heavy (non-hydrogen) atoms. The van der Waals surface area contributed by atoms with E-state index in [-0.39, 0.29) is 32.6 Å². The molecular formula is C14H28O4S2Sn. The molecule has 0 aliphatic carbocycles. The molecule has 0 unspecified atom stereocenters. The van der Waals surface area contributed by atoms with E-state index in [1.165, 1.54) is 23.5 Å². The van der Waals surface area contributed by atoms with Gasteiger partial charge in [-0.3, -0.25) is 0 Å². The molecule has 0 aromatic heterocycles. The Balaban J connectivity index is -0.000000260. The van der Waals surface area contributed by atoms with Gasteiger partial charge in [0.2, 0.25) is 0 Å². The second-order valence-corrected chi connectivity index (χ2v) is 9.12. The Kier molecular flexibility index (Phi) is 31.9. The fraction of sp³-hybridized carbons (Fsp3) is 0.857. The van der Waals surface area contributed by atoms with Gasteiger partial charge in [0.1, 0.15) is 0 Å². The molecule has 124 valence electrons. The predicted molar refractivity (Wildman–Crippen MR) is 92.0 cm³/mol. The van der Waals surface area contributed by atoms with E-state index in [4.69, 9.17) is 0 Å². The number of hydrogen-bond donors (Lipinski definition) is 0. The van der Waals surface area contributed by atoms with E-state index >= 15 is 0 Å². The zero-order valence-corrected chi connectivity index (χ0v) is 18.1. The minimum atomic E-state index is -0.962. The van der Waals surface area contributed by atoms with Gasteiger partial charge in [0.05, 0.1) is 11.9 Å². The van der Waals surface area contributed by atoms with E-state index in [1.54, 1.807) is 0 Å². The van der Waals surface area contributed by atoms with Crippen LogP contribution in [0.2, 0.25) is 9.88 Å². The number of unbranched alkanes of at least 4 members (excludes halogenated alkanes) is 2. The van der Waals surface area contributed by atoms with Gasteiger partial charge in [-0.05, 0) is 24.3 Å². The summed E-state index contributed by atoms with van der Waals surface area (Å²) in [5, 5.41) is 19.7. The van der Waals surface area contributed by atoms with E-state index < -0.39 is 11.9 Å². The molecule has 0 aromatic carbocycles. The van der Waals surface area contributed by atoms with Crippen molar-refractivity contribution in [2.45, 2.75) is 49.4 Å². The Morgan fingerprint density at radius 3 is 1.33 bits per heavy atom. The third-order valence-electron chi connectivity index (χ3n) is 1.72. The van der Waals surface area contributed by atoms with Crippen molar-refractivity contribution in [1.82, 2.24) is 0 Å². The molecule has 0 N–H and O–H groups in total. The molecule has 7 heteroatoms. The van der Waals surface area contributed by atoms with Crippen molar-refractivity contribution in [1.29, 1.82) is 0 Å². The summed E-state index contributed by atoms with van der Waals surface area (Å²) in [6.07, 6.45) is 4.44. The van der Waals surface area contributed by atoms with E-state index in [1.807, 2.05) is 0 Å². The van der Waals surface area contributed by atoms with E-state index in [2.05, 4.69) is 23.7 Å². The van der Waals surface area contributed by atoms with Gasteiger partial charge in [0, 0.05) is 11.5 Å². The van der Waals surface area contributed by atoms with Crippen LogP contribution in [0.4, 0.5) is 0 Å². The maximum atomic E-state index is 9.83. The first kappa shape index (κ1) is 26.3. The van der Waals surface area contributed by atoms with Gasteiger partial charge < -0.3 is 19.8 Å². The summed E-state index contributed by atoms with van der Waals surface area (Å²) >= 11 is 3.08. The van der Waals surface area contributed by atoms with Crippen LogP contribution in [0.5, 0.6) is 0 Å². The summed E-state index contributed by atoms with van der Waals surface area (Å²) in [5.74, 6) is 0.224. The van der Waals surface area contributed by atoms with Crippen LogP contribution in [-0.4, -0.2) is 56.1 Å². The van der Waals surface area contributed by atoms with Crippen LogP contribution in [0.3, 0.4) is 0 Å². The Bertz CT molecular complexity index is 207. The molecule has 0 aromatic rings. The molecule has 0 saturated heterocycles. The summed E-state index contributed by atoms with van der Waals surface area (Å²) in [7, 11) is 0. The second kappa shape index (κ2) is 25.4. The molecule has 0 radical (unpaired) electrons. The molecular weight excluding hydrogens is 415 g/mol. The zero-order valence-electron chi connectivity index (χ0n) is 13.6. The van der Waals surface area contributed by atoms with Crippen LogP contribution in [0.25, 0.3) is 0 Å². The zero-order chi connectivity index (χ0) is 16.9. The van der Waals surface area contributed by atoms with E-state index in [9.17, 15) is 19.8 Å². The van der Waals surface area contributed by atoms with Crippen molar-refractivity contribution < 1.29 is 19.8 Å². The van der Waals surface area contributed by atoms with Gasteiger partial charge in [-0.1, -0.05) is 26.7 Å². The molecule has 4 nitrogen and oxygen atoms in total. The number of carboxylic acid groups (broad SMARTS) is 2. The van der Waals surface area contributed by atoms with E-state index in [0.29, 0.717) is 0 Å². The number of carbonyl (C=O) groups excluding carboxylic acids is 2. The molecule has 0 heterocycles. The van der Waals surface area contributed by atoms with Gasteiger partial charge in [-0.2, -0.15) is 23.5 Å². The van der Waals surface area contributed by atoms with Crippen LogP contribution in [0, 0.1) is 0 Å². The summed E-state index contributed by atoms with van der Waals surface area (Å²) in [5.41, 5.74) is 0. The number of hydrogen-bond acceptors (Lipinski definition) is 6. The quantitative estimate of drug-likeness (QED) is 0.375. The monoisotopic (exact) mass is 444 g/mol. The number of carboxylic acids is 2. The Labute approximate surface area is 148 Å².